The molecule has 0 aliphatic carbocycles. The highest BCUT2D eigenvalue weighted by molar-refractivity contribution is 7.10. The average molecular weight is 289 g/mol. The number of aromatic hydroxyl groups is 1. The van der Waals surface area contributed by atoms with E-state index in [2.05, 4.69) is 30.3 Å². The maximum absolute atomic E-state index is 9.87. The average Bonchev–Trinajstić information content (AvgIpc) is 2.94. The molecule has 0 saturated heterocycles. The Kier molecular flexibility index (Phi) is 4.79. The van der Waals surface area contributed by atoms with Crippen molar-refractivity contribution in [2.45, 2.75) is 19.9 Å². The second kappa shape index (κ2) is 6.57. The number of phenolic OH excluding ortho intramolecular Hbond substituents is 1. The van der Waals surface area contributed by atoms with Gasteiger partial charge in [-0.15, -0.1) is 11.3 Å². The summed E-state index contributed by atoms with van der Waals surface area (Å²) in [6.45, 7) is 4.29. The lowest BCUT2D eigenvalue weighted by Gasteiger charge is -2.14. The third-order valence-corrected chi connectivity index (χ3v) is 4.02. The number of aliphatic imine (C=N–C) groups is 1. The molecule has 1 heterocycles. The van der Waals surface area contributed by atoms with Crippen LogP contribution in [0.5, 0.6) is 11.5 Å². The first-order valence-corrected chi connectivity index (χ1v) is 7.43. The highest BCUT2D eigenvalue weighted by Gasteiger charge is 2.15. The van der Waals surface area contributed by atoms with Crippen molar-refractivity contribution >= 4 is 17.6 Å². The van der Waals surface area contributed by atoms with Crippen LogP contribution in [-0.2, 0) is 0 Å². The predicted octanol–water partition coefficient (Wildman–Crippen LogP) is 4.28. The van der Waals surface area contributed by atoms with Gasteiger partial charge in [0.1, 0.15) is 11.5 Å². The Bertz CT molecular complexity index is 576. The molecular formula is C16H19NO2S. The summed E-state index contributed by atoms with van der Waals surface area (Å²) in [6.07, 6.45) is 1.72. The van der Waals surface area contributed by atoms with Crippen molar-refractivity contribution in [3.63, 3.8) is 0 Å². The van der Waals surface area contributed by atoms with Crippen LogP contribution in [0.2, 0.25) is 0 Å². The van der Waals surface area contributed by atoms with Gasteiger partial charge in [-0.25, -0.2) is 0 Å². The standard InChI is InChI=1S/C16H19NO2S/c1-11(2)16(15-5-4-8-20-15)17-10-12-9-13(19-3)6-7-14(12)18/h4-11,16,18H,1-3H3/t16-/m1/s1. The van der Waals surface area contributed by atoms with E-state index in [-0.39, 0.29) is 11.8 Å². The molecule has 20 heavy (non-hydrogen) atoms. The van der Waals surface area contributed by atoms with Gasteiger partial charge in [-0.1, -0.05) is 19.9 Å². The maximum atomic E-state index is 9.87. The van der Waals surface area contributed by atoms with Crippen LogP contribution < -0.4 is 4.74 Å². The van der Waals surface area contributed by atoms with Crippen molar-refractivity contribution in [3.05, 3.63) is 46.2 Å². The van der Waals surface area contributed by atoms with Crippen molar-refractivity contribution in [2.75, 3.05) is 7.11 Å². The fourth-order valence-corrected chi connectivity index (χ4v) is 2.90. The Morgan fingerprint density at radius 3 is 2.70 bits per heavy atom. The van der Waals surface area contributed by atoms with E-state index < -0.39 is 0 Å². The van der Waals surface area contributed by atoms with Gasteiger partial charge in [-0.05, 0) is 35.6 Å². The third-order valence-electron chi connectivity index (χ3n) is 3.08. The zero-order chi connectivity index (χ0) is 14.5. The van der Waals surface area contributed by atoms with Gasteiger partial charge in [0.25, 0.3) is 0 Å². The molecule has 0 saturated carbocycles. The number of benzene rings is 1. The molecule has 4 heteroatoms. The lowest BCUT2D eigenvalue weighted by Crippen LogP contribution is -2.02. The van der Waals surface area contributed by atoms with E-state index >= 15 is 0 Å². The first-order valence-electron chi connectivity index (χ1n) is 6.55. The van der Waals surface area contributed by atoms with Gasteiger partial charge < -0.3 is 9.84 Å². The molecule has 1 aromatic carbocycles. The molecular weight excluding hydrogens is 270 g/mol. The van der Waals surface area contributed by atoms with Crippen LogP contribution in [0.25, 0.3) is 0 Å². The van der Waals surface area contributed by atoms with Crippen LogP contribution >= 0.6 is 11.3 Å². The van der Waals surface area contributed by atoms with Gasteiger partial charge in [0.15, 0.2) is 0 Å². The molecule has 0 bridgehead atoms. The third kappa shape index (κ3) is 3.39. The summed E-state index contributed by atoms with van der Waals surface area (Å²) >= 11 is 1.71. The largest absolute Gasteiger partial charge is 0.507 e. The topological polar surface area (TPSA) is 41.8 Å². The first kappa shape index (κ1) is 14.6. The van der Waals surface area contributed by atoms with Crippen molar-refractivity contribution in [2.24, 2.45) is 10.9 Å². The number of hydrogen-bond donors (Lipinski definition) is 1. The number of ether oxygens (including phenoxy) is 1. The molecule has 1 N–H and O–H groups in total. The van der Waals surface area contributed by atoms with Crippen LogP contribution in [0.1, 0.15) is 30.3 Å². The van der Waals surface area contributed by atoms with Crippen molar-refractivity contribution in [3.8, 4) is 11.5 Å². The smallest absolute Gasteiger partial charge is 0.124 e. The van der Waals surface area contributed by atoms with Gasteiger partial charge >= 0.3 is 0 Å². The summed E-state index contributed by atoms with van der Waals surface area (Å²) in [5, 5.41) is 11.9. The number of thiophene rings is 1. The molecule has 0 radical (unpaired) electrons. The van der Waals surface area contributed by atoms with E-state index in [0.29, 0.717) is 17.2 Å². The normalized spacial score (nSPS) is 13.0. The molecule has 1 aromatic heterocycles. The van der Waals surface area contributed by atoms with Crippen LogP contribution in [0.15, 0.2) is 40.7 Å². The summed E-state index contributed by atoms with van der Waals surface area (Å²) in [6, 6.07) is 9.37. The summed E-state index contributed by atoms with van der Waals surface area (Å²) in [5.74, 6) is 1.32. The monoisotopic (exact) mass is 289 g/mol. The fraction of sp³-hybridized carbons (Fsp3) is 0.312. The number of hydrogen-bond acceptors (Lipinski definition) is 4. The first-order chi connectivity index (χ1) is 9.61. The second-order valence-corrected chi connectivity index (χ2v) is 5.89. The van der Waals surface area contributed by atoms with Gasteiger partial charge in [0.2, 0.25) is 0 Å². The van der Waals surface area contributed by atoms with Crippen molar-refractivity contribution in [1.82, 2.24) is 0 Å². The molecule has 0 fully saturated rings. The van der Waals surface area contributed by atoms with Gasteiger partial charge in [-0.2, -0.15) is 0 Å². The highest BCUT2D eigenvalue weighted by Crippen LogP contribution is 2.30. The van der Waals surface area contributed by atoms with E-state index in [1.165, 1.54) is 4.88 Å². The molecule has 106 valence electrons. The Hall–Kier alpha value is -1.81. The molecule has 2 rings (SSSR count). The molecule has 3 nitrogen and oxygen atoms in total. The molecule has 0 aliphatic rings. The van der Waals surface area contributed by atoms with E-state index in [1.54, 1.807) is 42.9 Å². The second-order valence-electron chi connectivity index (χ2n) is 4.91. The quantitative estimate of drug-likeness (QED) is 0.835. The van der Waals surface area contributed by atoms with Crippen molar-refractivity contribution < 1.29 is 9.84 Å². The molecule has 0 spiro atoms. The number of rotatable bonds is 5. The van der Waals surface area contributed by atoms with Gasteiger partial charge in [-0.3, -0.25) is 4.99 Å². The fourth-order valence-electron chi connectivity index (χ4n) is 1.96. The van der Waals surface area contributed by atoms with Crippen LogP contribution in [0.3, 0.4) is 0 Å². The summed E-state index contributed by atoms with van der Waals surface area (Å²) < 4.78 is 5.17. The Labute approximate surface area is 123 Å². The number of phenols is 1. The zero-order valence-corrected chi connectivity index (χ0v) is 12.7. The lowest BCUT2D eigenvalue weighted by atomic mass is 10.0. The van der Waals surface area contributed by atoms with Crippen LogP contribution in [-0.4, -0.2) is 18.4 Å². The Balaban J connectivity index is 2.26. The molecule has 1 atom stereocenters. The highest BCUT2D eigenvalue weighted by atomic mass is 32.1. The zero-order valence-electron chi connectivity index (χ0n) is 11.9. The molecule has 0 aliphatic heterocycles. The number of methoxy groups -OCH3 is 1. The van der Waals surface area contributed by atoms with Crippen molar-refractivity contribution in [1.29, 1.82) is 0 Å². The molecule has 0 unspecified atom stereocenters. The van der Waals surface area contributed by atoms with Gasteiger partial charge in [0, 0.05) is 16.7 Å². The minimum Gasteiger partial charge on any atom is -0.507 e. The molecule has 2 aromatic rings. The van der Waals surface area contributed by atoms with Crippen LogP contribution in [0.4, 0.5) is 0 Å². The minimum atomic E-state index is 0.112. The number of nitrogens with zero attached hydrogens (tertiary/aromatic N) is 1. The van der Waals surface area contributed by atoms with E-state index in [1.807, 2.05) is 6.07 Å². The Morgan fingerprint density at radius 1 is 1.30 bits per heavy atom. The van der Waals surface area contributed by atoms with E-state index in [9.17, 15) is 5.11 Å². The summed E-state index contributed by atoms with van der Waals surface area (Å²) in [5.41, 5.74) is 0.673. The SMILES string of the molecule is COc1ccc(O)c(C=N[C@@H](c2cccs2)C(C)C)c1. The van der Waals surface area contributed by atoms with Gasteiger partial charge in [0.05, 0.1) is 13.2 Å². The van der Waals surface area contributed by atoms with Crippen LogP contribution in [0, 0.1) is 5.92 Å². The summed E-state index contributed by atoms with van der Waals surface area (Å²) in [7, 11) is 1.61. The molecule has 0 amide bonds. The lowest BCUT2D eigenvalue weighted by molar-refractivity contribution is 0.412. The predicted molar refractivity (Wildman–Crippen MR) is 84.2 cm³/mol. The van der Waals surface area contributed by atoms with E-state index in [0.717, 1.165) is 0 Å². The Morgan fingerprint density at radius 2 is 2.10 bits per heavy atom. The summed E-state index contributed by atoms with van der Waals surface area (Å²) in [4.78, 5) is 5.88. The maximum Gasteiger partial charge on any atom is 0.124 e. The minimum absolute atomic E-state index is 0.112. The van der Waals surface area contributed by atoms with E-state index in [4.69, 9.17) is 4.74 Å².